The molecule has 2 spiro atoms. The first-order chi connectivity index (χ1) is 63.5. The molecule has 0 fully saturated rings. The summed E-state index contributed by atoms with van der Waals surface area (Å²) in [6, 6.07) is 186. The van der Waals surface area contributed by atoms with Crippen LogP contribution in [0.4, 0.5) is 68.2 Å². The van der Waals surface area contributed by atoms with Crippen LogP contribution in [-0.2, 0) is 10.8 Å². The van der Waals surface area contributed by atoms with Gasteiger partial charge in [-0.1, -0.05) is 394 Å². The monoisotopic (exact) mass is 1630 g/mol. The van der Waals surface area contributed by atoms with Crippen LogP contribution in [0.5, 0.6) is 0 Å². The highest BCUT2D eigenvalue weighted by atomic mass is 15.2. The van der Waals surface area contributed by atoms with Gasteiger partial charge in [-0.3, -0.25) is 0 Å². The quantitative estimate of drug-likeness (QED) is 0.108. The largest absolute Gasteiger partial charge is 0.310 e. The summed E-state index contributed by atoms with van der Waals surface area (Å²) in [4.78, 5) is 10.0. The summed E-state index contributed by atoms with van der Waals surface area (Å²) in [6.07, 6.45) is 0. The molecular weight excluding hydrogens is 1550 g/mol. The molecule has 0 saturated carbocycles. The summed E-state index contributed by atoms with van der Waals surface area (Å²) < 4.78 is 0. The molecule has 0 saturated heterocycles. The molecule has 4 nitrogen and oxygen atoms in total. The molecule has 0 unspecified atom stereocenters. The molecule has 0 aromatic heterocycles. The SMILES string of the molecule is c1ccc(-c2ccc(-c3ccccc3N(c3ccc(-c4ccc(-c5cccc(N6c7ccccc7C7(c8ccccc8-c8ccc(N(c9ccccc9-c9ccc(-c%10ccccc%10)cc9)c9cccc%10ccccc9%10)cc87)c7ccccc76)c5)c5ccccc45)cc3)c3ccc4c(c3)C3(c5ccccc5-4)c4ccccc4N(c4ccccc4)c4ccccc43)cc2)cc1. The van der Waals surface area contributed by atoms with E-state index in [1.807, 2.05) is 0 Å². The standard InChI is InChI=1S/C124H82N4/c1-4-32-83(33-5-1)85-62-66-89(67-63-85)100-43-16-24-55-116(100)125(95-74-76-106-104-47-14-18-49-108(104)123(114(106)81-95)110-51-20-26-57-119(110)126(92-39-8-3-9-40-92)120-58-27-21-52-111(120)123)93-72-70-88(71-73-93)97-78-79-98(103-46-13-12-45-102(97)103)91-38-30-41-94(80-91)128-121-59-28-22-53-112(121)124(113-54-23-29-60-122(113)128)109-50-19-15-48-105(109)107-77-75-96(82-115(107)124)127(118-61-31-37-87-36-10-11-42-99(87)118)117-56-25-17-44-101(117)90-68-64-86(65-69-90)84-34-6-2-7-35-84/h1-82H. The van der Waals surface area contributed by atoms with Crippen LogP contribution >= 0.6 is 0 Å². The third kappa shape index (κ3) is 11.5. The van der Waals surface area contributed by atoms with Gasteiger partial charge in [-0.2, -0.15) is 0 Å². The van der Waals surface area contributed by atoms with E-state index in [-0.39, 0.29) is 0 Å². The molecule has 0 atom stereocenters. The maximum atomic E-state index is 2.53. The molecule has 4 aliphatic rings. The third-order valence-electron chi connectivity index (χ3n) is 27.5. The first kappa shape index (κ1) is 74.0. The van der Waals surface area contributed by atoms with E-state index >= 15 is 0 Å². The van der Waals surface area contributed by atoms with Crippen molar-refractivity contribution >= 4 is 89.8 Å². The van der Waals surface area contributed by atoms with Gasteiger partial charge in [-0.05, 0) is 242 Å². The summed E-state index contributed by atoms with van der Waals surface area (Å²) in [5.41, 5.74) is 40.8. The molecule has 21 aromatic rings. The van der Waals surface area contributed by atoms with Crippen molar-refractivity contribution in [3.63, 3.8) is 0 Å². The molecule has 0 radical (unpaired) electrons. The van der Waals surface area contributed by atoms with E-state index in [1.54, 1.807) is 0 Å². The van der Waals surface area contributed by atoms with Gasteiger partial charge in [0.25, 0.3) is 0 Å². The van der Waals surface area contributed by atoms with Crippen molar-refractivity contribution in [3.8, 4) is 89.0 Å². The highest BCUT2D eigenvalue weighted by molar-refractivity contribution is 6.08. The number of anilines is 12. The molecule has 0 amide bonds. The number of para-hydroxylation sites is 7. The number of fused-ring (bicyclic) bond motifs is 20. The molecule has 2 heterocycles. The van der Waals surface area contributed by atoms with Crippen molar-refractivity contribution < 1.29 is 0 Å². The number of rotatable bonds is 14. The second-order valence-electron chi connectivity index (χ2n) is 34.0. The van der Waals surface area contributed by atoms with Gasteiger partial charge in [-0.15, -0.1) is 0 Å². The molecular formula is C124H82N4. The third-order valence-corrected chi connectivity index (χ3v) is 27.5. The van der Waals surface area contributed by atoms with Crippen LogP contribution in [0.15, 0.2) is 497 Å². The van der Waals surface area contributed by atoms with Gasteiger partial charge in [-0.25, -0.2) is 0 Å². The Labute approximate surface area is 746 Å². The Balaban J connectivity index is 0.601. The maximum absolute atomic E-state index is 2.53. The van der Waals surface area contributed by atoms with E-state index in [0.29, 0.717) is 0 Å². The summed E-state index contributed by atoms with van der Waals surface area (Å²) in [6.45, 7) is 0. The second-order valence-corrected chi connectivity index (χ2v) is 34.0. The lowest BCUT2D eigenvalue weighted by molar-refractivity contribution is 0.752. The first-order valence-electron chi connectivity index (χ1n) is 44.4. The van der Waals surface area contributed by atoms with Crippen molar-refractivity contribution in [1.29, 1.82) is 0 Å². The van der Waals surface area contributed by atoms with Gasteiger partial charge in [0, 0.05) is 45.0 Å². The van der Waals surface area contributed by atoms with Crippen LogP contribution in [0.1, 0.15) is 44.5 Å². The fourth-order valence-corrected chi connectivity index (χ4v) is 22.0. The van der Waals surface area contributed by atoms with Gasteiger partial charge in [0.15, 0.2) is 0 Å². The zero-order valence-electron chi connectivity index (χ0n) is 70.1. The first-order valence-corrected chi connectivity index (χ1v) is 44.4. The van der Waals surface area contributed by atoms with Crippen molar-refractivity contribution in [1.82, 2.24) is 0 Å². The predicted octanol–water partition coefficient (Wildman–Crippen LogP) is 33.2. The highest BCUT2D eigenvalue weighted by Gasteiger charge is 2.54. The Kier molecular flexibility index (Phi) is 17.4. The van der Waals surface area contributed by atoms with Crippen molar-refractivity contribution in [3.05, 3.63) is 542 Å². The zero-order chi connectivity index (χ0) is 84.4. The number of nitrogens with zero attached hydrogens (tertiary/aromatic N) is 4. The Bertz CT molecular complexity index is 7850. The van der Waals surface area contributed by atoms with E-state index < -0.39 is 10.8 Å². The lowest BCUT2D eigenvalue weighted by atomic mass is 9.64. The van der Waals surface area contributed by atoms with Crippen LogP contribution in [0.3, 0.4) is 0 Å². The normalized spacial score (nSPS) is 13.1. The van der Waals surface area contributed by atoms with Crippen LogP contribution in [0.25, 0.3) is 111 Å². The lowest BCUT2D eigenvalue weighted by Gasteiger charge is -2.45. The predicted molar refractivity (Wildman–Crippen MR) is 535 cm³/mol. The minimum atomic E-state index is -0.718. The van der Waals surface area contributed by atoms with Gasteiger partial charge in [0.2, 0.25) is 0 Å². The molecule has 0 bridgehead atoms. The molecule has 21 aromatic carbocycles. The molecule has 598 valence electrons. The minimum Gasteiger partial charge on any atom is -0.310 e. The average molecular weight is 1630 g/mol. The van der Waals surface area contributed by atoms with Crippen LogP contribution in [-0.4, -0.2) is 0 Å². The molecule has 2 aliphatic heterocycles. The van der Waals surface area contributed by atoms with E-state index in [0.717, 1.165) is 101 Å². The van der Waals surface area contributed by atoms with E-state index in [2.05, 4.69) is 517 Å². The van der Waals surface area contributed by atoms with Gasteiger partial charge in [0.1, 0.15) is 0 Å². The number of hydrogen-bond acceptors (Lipinski definition) is 4. The Morgan fingerprint density at radius 2 is 0.461 bits per heavy atom. The van der Waals surface area contributed by atoms with E-state index in [4.69, 9.17) is 0 Å². The summed E-state index contributed by atoms with van der Waals surface area (Å²) in [5, 5.41) is 4.72. The summed E-state index contributed by atoms with van der Waals surface area (Å²) in [7, 11) is 0. The smallest absolute Gasteiger partial charge is 0.0755 e. The van der Waals surface area contributed by atoms with E-state index in [1.165, 1.54) is 122 Å². The highest BCUT2D eigenvalue weighted by Crippen LogP contribution is 2.67. The fraction of sp³-hybridized carbons (Fsp3) is 0.0161. The lowest BCUT2D eigenvalue weighted by Crippen LogP contribution is -2.36. The summed E-state index contributed by atoms with van der Waals surface area (Å²) in [5.74, 6) is 0. The average Bonchev–Trinajstić information content (AvgIpc) is 1.42. The van der Waals surface area contributed by atoms with E-state index in [9.17, 15) is 0 Å². The Hall–Kier alpha value is -16.7. The topological polar surface area (TPSA) is 13.0 Å². The van der Waals surface area contributed by atoms with Crippen LogP contribution in [0, 0.1) is 0 Å². The molecule has 25 rings (SSSR count). The van der Waals surface area contributed by atoms with Crippen LogP contribution in [0.2, 0.25) is 0 Å². The molecule has 2 aliphatic carbocycles. The molecule has 4 heteroatoms. The molecule has 128 heavy (non-hydrogen) atoms. The van der Waals surface area contributed by atoms with Crippen molar-refractivity contribution in [2.45, 2.75) is 10.8 Å². The van der Waals surface area contributed by atoms with Gasteiger partial charge < -0.3 is 19.6 Å². The van der Waals surface area contributed by atoms with Gasteiger partial charge >= 0.3 is 0 Å². The number of hydrogen-bond donors (Lipinski definition) is 0. The zero-order valence-corrected chi connectivity index (χ0v) is 70.1. The van der Waals surface area contributed by atoms with Crippen molar-refractivity contribution in [2.75, 3.05) is 19.6 Å². The molecule has 0 N–H and O–H groups in total. The van der Waals surface area contributed by atoms with Crippen LogP contribution < -0.4 is 19.6 Å². The Morgan fingerprint density at radius 3 is 0.969 bits per heavy atom. The minimum absolute atomic E-state index is 0.661. The second kappa shape index (κ2) is 30.1. The Morgan fingerprint density at radius 1 is 0.156 bits per heavy atom. The maximum Gasteiger partial charge on any atom is 0.0755 e. The number of benzene rings is 21. The van der Waals surface area contributed by atoms with Crippen molar-refractivity contribution in [2.24, 2.45) is 0 Å². The summed E-state index contributed by atoms with van der Waals surface area (Å²) >= 11 is 0. The fourth-order valence-electron chi connectivity index (χ4n) is 22.0. The van der Waals surface area contributed by atoms with Gasteiger partial charge in [0.05, 0.1) is 50.6 Å².